The quantitative estimate of drug-likeness (QED) is 0.824. The van der Waals surface area contributed by atoms with Gasteiger partial charge in [0.25, 0.3) is 5.91 Å². The van der Waals surface area contributed by atoms with E-state index >= 15 is 0 Å². The van der Waals surface area contributed by atoms with E-state index in [1.54, 1.807) is 0 Å². The van der Waals surface area contributed by atoms with E-state index in [2.05, 4.69) is 17.5 Å². The number of anilines is 1. The van der Waals surface area contributed by atoms with Crippen LogP contribution in [-0.2, 0) is 0 Å². The highest BCUT2D eigenvalue weighted by Gasteiger charge is 2.19. The maximum atomic E-state index is 12.3. The monoisotopic (exact) mass is 272 g/mol. The van der Waals surface area contributed by atoms with E-state index in [4.69, 9.17) is 5.73 Å². The zero-order valence-electron chi connectivity index (χ0n) is 10.6. The molecule has 0 radical (unpaired) electrons. The van der Waals surface area contributed by atoms with Crippen molar-refractivity contribution in [3.05, 3.63) is 41.3 Å². The van der Waals surface area contributed by atoms with Gasteiger partial charge in [-0.25, -0.2) is 0 Å². The third-order valence-electron chi connectivity index (χ3n) is 3.44. The van der Waals surface area contributed by atoms with E-state index in [1.807, 2.05) is 24.3 Å². The number of hydrogen-bond donors (Lipinski definition) is 2. The van der Waals surface area contributed by atoms with Crippen molar-refractivity contribution < 1.29 is 4.79 Å². The maximum Gasteiger partial charge on any atom is 0.263 e. The van der Waals surface area contributed by atoms with Gasteiger partial charge in [0.1, 0.15) is 4.88 Å². The van der Waals surface area contributed by atoms with Gasteiger partial charge in [-0.3, -0.25) is 4.79 Å². The van der Waals surface area contributed by atoms with Gasteiger partial charge in [-0.05, 0) is 25.3 Å². The molecule has 98 valence electrons. The Morgan fingerprint density at radius 3 is 2.89 bits per heavy atom. The maximum absolute atomic E-state index is 12.3. The standard InChI is InChI=1S/C15H16N2OS/c16-13-11-8-4-5-9-12(11)19-14(13)15(18)17-10-6-2-1-3-7-10/h1-2,4-5,8-10H,3,6-7,16H2,(H,17,18). The van der Waals surface area contributed by atoms with Crippen molar-refractivity contribution in [3.8, 4) is 0 Å². The molecule has 1 aliphatic rings. The van der Waals surface area contributed by atoms with E-state index in [1.165, 1.54) is 11.3 Å². The number of thiophene rings is 1. The lowest BCUT2D eigenvalue weighted by Gasteiger charge is -2.18. The first-order valence-electron chi connectivity index (χ1n) is 6.48. The second-order valence-electron chi connectivity index (χ2n) is 4.80. The molecule has 0 saturated carbocycles. The SMILES string of the molecule is Nc1c(C(=O)NC2CC=CCC2)sc2ccccc12. The summed E-state index contributed by atoms with van der Waals surface area (Å²) < 4.78 is 1.06. The molecule has 0 aliphatic heterocycles. The molecular formula is C15H16N2OS. The predicted molar refractivity (Wildman–Crippen MR) is 80.5 cm³/mol. The number of nitrogens with two attached hydrogens (primary N) is 1. The summed E-state index contributed by atoms with van der Waals surface area (Å²) in [6.07, 6.45) is 7.25. The van der Waals surface area contributed by atoms with Crippen LogP contribution in [0.1, 0.15) is 28.9 Å². The lowest BCUT2D eigenvalue weighted by Crippen LogP contribution is -2.35. The van der Waals surface area contributed by atoms with Gasteiger partial charge in [-0.1, -0.05) is 30.4 Å². The van der Waals surface area contributed by atoms with Crippen LogP contribution >= 0.6 is 11.3 Å². The molecule has 0 saturated heterocycles. The average Bonchev–Trinajstić information content (AvgIpc) is 2.78. The van der Waals surface area contributed by atoms with Crippen LogP contribution in [-0.4, -0.2) is 11.9 Å². The summed E-state index contributed by atoms with van der Waals surface area (Å²) in [7, 11) is 0. The number of nitrogens with one attached hydrogen (secondary N) is 1. The number of carbonyl (C=O) groups is 1. The van der Waals surface area contributed by atoms with Crippen LogP contribution in [0.3, 0.4) is 0 Å². The average molecular weight is 272 g/mol. The topological polar surface area (TPSA) is 55.1 Å². The van der Waals surface area contributed by atoms with Crippen LogP contribution in [0.15, 0.2) is 36.4 Å². The highest BCUT2D eigenvalue weighted by Crippen LogP contribution is 2.33. The first-order chi connectivity index (χ1) is 9.25. The summed E-state index contributed by atoms with van der Waals surface area (Å²) in [4.78, 5) is 12.9. The molecule has 3 N–H and O–H groups in total. The van der Waals surface area contributed by atoms with Crippen molar-refractivity contribution in [2.45, 2.75) is 25.3 Å². The fourth-order valence-electron chi connectivity index (χ4n) is 2.41. The van der Waals surface area contributed by atoms with Crippen molar-refractivity contribution in [2.24, 2.45) is 0 Å². The van der Waals surface area contributed by atoms with Gasteiger partial charge in [0.05, 0.1) is 5.69 Å². The minimum absolute atomic E-state index is 0.0426. The van der Waals surface area contributed by atoms with E-state index in [0.717, 1.165) is 29.3 Å². The number of benzene rings is 1. The Labute approximate surface area is 116 Å². The van der Waals surface area contributed by atoms with Crippen molar-refractivity contribution in [1.82, 2.24) is 5.32 Å². The van der Waals surface area contributed by atoms with Gasteiger partial charge >= 0.3 is 0 Å². The smallest absolute Gasteiger partial charge is 0.263 e. The van der Waals surface area contributed by atoms with Gasteiger partial charge in [0, 0.05) is 16.1 Å². The normalized spacial score (nSPS) is 18.6. The van der Waals surface area contributed by atoms with Gasteiger partial charge in [0.2, 0.25) is 0 Å². The van der Waals surface area contributed by atoms with Crippen molar-refractivity contribution in [2.75, 3.05) is 5.73 Å². The number of amides is 1. The molecule has 3 rings (SSSR count). The Balaban J connectivity index is 1.85. The van der Waals surface area contributed by atoms with Gasteiger partial charge in [-0.15, -0.1) is 11.3 Å². The highest BCUT2D eigenvalue weighted by atomic mass is 32.1. The van der Waals surface area contributed by atoms with Crippen LogP contribution in [0.5, 0.6) is 0 Å². The molecule has 1 aromatic carbocycles. The number of hydrogen-bond acceptors (Lipinski definition) is 3. The van der Waals surface area contributed by atoms with E-state index in [0.29, 0.717) is 10.6 Å². The zero-order valence-corrected chi connectivity index (χ0v) is 11.4. The number of carbonyl (C=O) groups excluding carboxylic acids is 1. The van der Waals surface area contributed by atoms with Crippen LogP contribution < -0.4 is 11.1 Å². The van der Waals surface area contributed by atoms with E-state index in [-0.39, 0.29) is 11.9 Å². The summed E-state index contributed by atoms with van der Waals surface area (Å²) in [5, 5.41) is 4.05. The largest absolute Gasteiger partial charge is 0.397 e. The first-order valence-corrected chi connectivity index (χ1v) is 7.30. The van der Waals surface area contributed by atoms with Gasteiger partial charge < -0.3 is 11.1 Å². The molecule has 0 fully saturated rings. The van der Waals surface area contributed by atoms with Crippen molar-refractivity contribution in [3.63, 3.8) is 0 Å². The predicted octanol–water partition coefficient (Wildman–Crippen LogP) is 3.32. The Bertz CT molecular complexity index is 645. The van der Waals surface area contributed by atoms with Crippen molar-refractivity contribution in [1.29, 1.82) is 0 Å². The van der Waals surface area contributed by atoms with Gasteiger partial charge in [-0.2, -0.15) is 0 Å². The van der Waals surface area contributed by atoms with Crippen LogP contribution in [0.2, 0.25) is 0 Å². The molecule has 3 nitrogen and oxygen atoms in total. The molecule has 1 amide bonds. The lowest BCUT2D eigenvalue weighted by molar-refractivity contribution is 0.0939. The summed E-state index contributed by atoms with van der Waals surface area (Å²) in [5.41, 5.74) is 6.68. The van der Waals surface area contributed by atoms with Crippen molar-refractivity contribution >= 4 is 33.0 Å². The number of nitrogen functional groups attached to an aromatic ring is 1. The first kappa shape index (κ1) is 12.2. The number of rotatable bonds is 2. The molecule has 0 bridgehead atoms. The number of allylic oxidation sites excluding steroid dienone is 1. The molecule has 1 atom stereocenters. The summed E-state index contributed by atoms with van der Waals surface area (Å²) >= 11 is 1.47. The van der Waals surface area contributed by atoms with Crippen LogP contribution in [0.25, 0.3) is 10.1 Å². The molecule has 1 heterocycles. The van der Waals surface area contributed by atoms with Gasteiger partial charge in [0.15, 0.2) is 0 Å². The Kier molecular flexibility index (Phi) is 3.25. The number of fused-ring (bicyclic) bond motifs is 1. The second-order valence-corrected chi connectivity index (χ2v) is 5.85. The summed E-state index contributed by atoms with van der Waals surface area (Å²) in [5.74, 6) is -0.0426. The minimum Gasteiger partial charge on any atom is -0.397 e. The zero-order chi connectivity index (χ0) is 13.2. The third-order valence-corrected chi connectivity index (χ3v) is 4.63. The lowest BCUT2D eigenvalue weighted by atomic mass is 10.0. The minimum atomic E-state index is -0.0426. The fourth-order valence-corrected chi connectivity index (χ4v) is 3.44. The molecule has 4 heteroatoms. The molecule has 2 aromatic rings. The summed E-state index contributed by atoms with van der Waals surface area (Å²) in [6.45, 7) is 0. The Hall–Kier alpha value is -1.81. The van der Waals surface area contributed by atoms with E-state index < -0.39 is 0 Å². The molecule has 1 aromatic heterocycles. The molecule has 1 unspecified atom stereocenters. The Morgan fingerprint density at radius 1 is 1.32 bits per heavy atom. The third kappa shape index (κ3) is 2.36. The Morgan fingerprint density at radius 2 is 2.16 bits per heavy atom. The fraction of sp³-hybridized carbons (Fsp3) is 0.267. The molecule has 0 spiro atoms. The molecule has 19 heavy (non-hydrogen) atoms. The van der Waals surface area contributed by atoms with E-state index in [9.17, 15) is 4.79 Å². The van der Waals surface area contributed by atoms with Crippen LogP contribution in [0.4, 0.5) is 5.69 Å². The second kappa shape index (κ2) is 5.05. The summed E-state index contributed by atoms with van der Waals surface area (Å²) in [6, 6.07) is 8.10. The molecular weight excluding hydrogens is 256 g/mol. The highest BCUT2D eigenvalue weighted by molar-refractivity contribution is 7.21. The molecule has 1 aliphatic carbocycles. The van der Waals surface area contributed by atoms with Crippen LogP contribution in [0, 0.1) is 0 Å².